The average Bonchev–Trinajstić information content (AvgIpc) is 3.25. The summed E-state index contributed by atoms with van der Waals surface area (Å²) < 4.78 is 1.69. The normalized spacial score (nSPS) is 15.4. The second-order valence-corrected chi connectivity index (χ2v) is 9.35. The van der Waals surface area contributed by atoms with E-state index in [-0.39, 0.29) is 22.8 Å². The Kier molecular flexibility index (Phi) is 6.23. The highest BCUT2D eigenvalue weighted by atomic mass is 32.2. The van der Waals surface area contributed by atoms with Crippen LogP contribution in [0.4, 0.5) is 0 Å². The van der Waals surface area contributed by atoms with E-state index >= 15 is 0 Å². The number of benzene rings is 2. The highest BCUT2D eigenvalue weighted by Gasteiger charge is 2.23. The summed E-state index contributed by atoms with van der Waals surface area (Å²) in [7, 11) is 0. The Balaban J connectivity index is 1.65. The van der Waals surface area contributed by atoms with Crippen molar-refractivity contribution in [3.63, 3.8) is 0 Å². The molecule has 1 aliphatic rings. The second kappa shape index (κ2) is 9.04. The van der Waals surface area contributed by atoms with E-state index < -0.39 is 0 Å². The van der Waals surface area contributed by atoms with E-state index in [1.807, 2.05) is 56.3 Å². The molecule has 0 spiro atoms. The number of aromatic nitrogens is 2. The predicted molar refractivity (Wildman–Crippen MR) is 122 cm³/mol. The van der Waals surface area contributed by atoms with Crippen LogP contribution < -0.4 is 10.9 Å². The molecule has 1 N–H and O–H groups in total. The average molecular weight is 422 g/mol. The predicted octanol–water partition coefficient (Wildman–Crippen LogP) is 4.29. The van der Waals surface area contributed by atoms with Gasteiger partial charge in [0.2, 0.25) is 5.91 Å². The van der Waals surface area contributed by atoms with Crippen LogP contribution >= 0.6 is 11.8 Å². The number of amides is 1. The zero-order valence-corrected chi connectivity index (χ0v) is 18.2. The number of para-hydroxylation sites is 1. The Labute approximate surface area is 180 Å². The van der Waals surface area contributed by atoms with Crippen molar-refractivity contribution in [1.82, 2.24) is 14.9 Å². The Morgan fingerprint density at radius 3 is 2.60 bits per heavy atom. The number of thioether (sulfide) groups is 1. The molecule has 0 radical (unpaired) electrons. The van der Waals surface area contributed by atoms with Crippen molar-refractivity contribution < 1.29 is 4.79 Å². The van der Waals surface area contributed by atoms with Gasteiger partial charge in [0.05, 0.1) is 22.7 Å². The lowest BCUT2D eigenvalue weighted by molar-refractivity contribution is -0.120. The second-order valence-electron chi connectivity index (χ2n) is 8.04. The largest absolute Gasteiger partial charge is 0.352 e. The number of hydrogen-bond donors (Lipinski definition) is 1. The Morgan fingerprint density at radius 1 is 1.17 bits per heavy atom. The van der Waals surface area contributed by atoms with E-state index in [1.165, 1.54) is 30.2 Å². The molecule has 4 rings (SSSR count). The minimum atomic E-state index is -0.331. The van der Waals surface area contributed by atoms with Gasteiger partial charge in [-0.05, 0) is 44.4 Å². The van der Waals surface area contributed by atoms with E-state index in [4.69, 9.17) is 4.98 Å². The first-order valence-corrected chi connectivity index (χ1v) is 11.4. The molecule has 1 atom stereocenters. The topological polar surface area (TPSA) is 64.0 Å². The number of carbonyl (C=O) groups is 1. The fourth-order valence-electron chi connectivity index (χ4n) is 3.85. The van der Waals surface area contributed by atoms with Crippen LogP contribution in [0.5, 0.6) is 0 Å². The first-order valence-electron chi connectivity index (χ1n) is 10.5. The van der Waals surface area contributed by atoms with Crippen molar-refractivity contribution in [2.75, 3.05) is 0 Å². The number of fused-ring (bicyclic) bond motifs is 1. The minimum Gasteiger partial charge on any atom is -0.352 e. The Hall–Kier alpha value is -2.60. The van der Waals surface area contributed by atoms with E-state index in [1.54, 1.807) is 10.6 Å². The number of rotatable bonds is 6. The molecule has 30 heavy (non-hydrogen) atoms. The summed E-state index contributed by atoms with van der Waals surface area (Å²) in [6.07, 6.45) is 4.45. The van der Waals surface area contributed by atoms with Gasteiger partial charge in [0.25, 0.3) is 5.56 Å². The van der Waals surface area contributed by atoms with Gasteiger partial charge in [0.15, 0.2) is 5.16 Å². The summed E-state index contributed by atoms with van der Waals surface area (Å²) in [5.74, 6) is 0.0104. The molecule has 2 aromatic carbocycles. The SMILES string of the molecule is Cc1ccc(Cn2c(SC(C)C(=O)NC3CCCC3)nc3ccccc3c2=O)cc1. The molecule has 3 aromatic rings. The maximum atomic E-state index is 13.3. The van der Waals surface area contributed by atoms with Crippen molar-refractivity contribution in [3.05, 3.63) is 70.0 Å². The lowest BCUT2D eigenvalue weighted by Crippen LogP contribution is -2.38. The van der Waals surface area contributed by atoms with Crippen molar-refractivity contribution in [2.45, 2.75) is 62.5 Å². The van der Waals surface area contributed by atoms with Crippen LogP contribution in [0.3, 0.4) is 0 Å². The van der Waals surface area contributed by atoms with Crippen molar-refractivity contribution in [2.24, 2.45) is 0 Å². The maximum absolute atomic E-state index is 13.3. The van der Waals surface area contributed by atoms with Gasteiger partial charge in [-0.25, -0.2) is 4.98 Å². The summed E-state index contributed by atoms with van der Waals surface area (Å²) in [5, 5.41) is 3.99. The lowest BCUT2D eigenvalue weighted by Gasteiger charge is -2.18. The lowest BCUT2D eigenvalue weighted by atomic mass is 10.1. The summed E-state index contributed by atoms with van der Waals surface area (Å²) >= 11 is 1.35. The standard InChI is InChI=1S/C24H27N3O2S/c1-16-11-13-18(14-12-16)15-27-23(29)20-9-5-6-10-21(20)26-24(27)30-17(2)22(28)25-19-7-3-4-8-19/h5-6,9-14,17,19H,3-4,7-8,15H2,1-2H3,(H,25,28). The molecule has 1 amide bonds. The molecule has 1 heterocycles. The minimum absolute atomic E-state index is 0.0104. The summed E-state index contributed by atoms with van der Waals surface area (Å²) in [5.41, 5.74) is 2.79. The molecule has 6 heteroatoms. The number of hydrogen-bond acceptors (Lipinski definition) is 4. The summed E-state index contributed by atoms with van der Waals surface area (Å²) in [6, 6.07) is 15.8. The molecule has 5 nitrogen and oxygen atoms in total. The van der Waals surface area contributed by atoms with Gasteiger partial charge in [0, 0.05) is 6.04 Å². The van der Waals surface area contributed by atoms with E-state index in [2.05, 4.69) is 5.32 Å². The zero-order chi connectivity index (χ0) is 21.1. The molecule has 156 valence electrons. The molecular weight excluding hydrogens is 394 g/mol. The first-order chi connectivity index (χ1) is 14.5. The number of nitrogens with one attached hydrogen (secondary N) is 1. The van der Waals surface area contributed by atoms with Crippen LogP contribution in [0.15, 0.2) is 58.5 Å². The third-order valence-electron chi connectivity index (χ3n) is 5.64. The van der Waals surface area contributed by atoms with Crippen LogP contribution in [0, 0.1) is 6.92 Å². The van der Waals surface area contributed by atoms with Crippen LogP contribution in [-0.2, 0) is 11.3 Å². The van der Waals surface area contributed by atoms with Crippen molar-refractivity contribution >= 4 is 28.6 Å². The van der Waals surface area contributed by atoms with Crippen LogP contribution in [0.2, 0.25) is 0 Å². The fraction of sp³-hybridized carbons (Fsp3) is 0.375. The molecule has 0 saturated heterocycles. The van der Waals surface area contributed by atoms with Crippen molar-refractivity contribution in [3.8, 4) is 0 Å². The highest BCUT2D eigenvalue weighted by Crippen LogP contribution is 2.25. The van der Waals surface area contributed by atoms with E-state index in [9.17, 15) is 9.59 Å². The van der Waals surface area contributed by atoms with Gasteiger partial charge in [-0.2, -0.15) is 0 Å². The summed E-state index contributed by atoms with van der Waals surface area (Å²) in [6.45, 7) is 4.35. The first kappa shape index (κ1) is 20.7. The smallest absolute Gasteiger partial charge is 0.262 e. The molecule has 1 fully saturated rings. The van der Waals surface area contributed by atoms with Gasteiger partial charge in [-0.3, -0.25) is 14.2 Å². The van der Waals surface area contributed by atoms with E-state index in [0.717, 1.165) is 18.4 Å². The van der Waals surface area contributed by atoms with Gasteiger partial charge in [-0.1, -0.05) is 66.6 Å². The molecule has 1 aliphatic carbocycles. The monoisotopic (exact) mass is 421 g/mol. The van der Waals surface area contributed by atoms with Gasteiger partial charge < -0.3 is 5.32 Å². The molecule has 1 unspecified atom stereocenters. The van der Waals surface area contributed by atoms with Crippen LogP contribution in [-0.4, -0.2) is 26.8 Å². The molecule has 0 aliphatic heterocycles. The third kappa shape index (κ3) is 4.59. The fourth-order valence-corrected chi connectivity index (χ4v) is 4.77. The van der Waals surface area contributed by atoms with Crippen LogP contribution in [0.1, 0.15) is 43.7 Å². The molecular formula is C24H27N3O2S. The zero-order valence-electron chi connectivity index (χ0n) is 17.4. The Bertz CT molecular complexity index is 1100. The summed E-state index contributed by atoms with van der Waals surface area (Å²) in [4.78, 5) is 30.7. The number of carbonyl (C=O) groups excluding carboxylic acids is 1. The van der Waals surface area contributed by atoms with Crippen LogP contribution in [0.25, 0.3) is 10.9 Å². The van der Waals surface area contributed by atoms with Gasteiger partial charge >= 0.3 is 0 Å². The Morgan fingerprint density at radius 2 is 1.87 bits per heavy atom. The molecule has 1 saturated carbocycles. The third-order valence-corrected chi connectivity index (χ3v) is 6.73. The quantitative estimate of drug-likeness (QED) is 0.476. The van der Waals surface area contributed by atoms with Gasteiger partial charge in [0.1, 0.15) is 0 Å². The van der Waals surface area contributed by atoms with E-state index in [0.29, 0.717) is 22.6 Å². The van der Waals surface area contributed by atoms with Crippen molar-refractivity contribution in [1.29, 1.82) is 0 Å². The maximum Gasteiger partial charge on any atom is 0.262 e. The highest BCUT2D eigenvalue weighted by molar-refractivity contribution is 8.00. The van der Waals surface area contributed by atoms with Gasteiger partial charge in [-0.15, -0.1) is 0 Å². The molecule has 1 aromatic heterocycles. The molecule has 0 bridgehead atoms. The number of aryl methyl sites for hydroxylation is 1. The number of nitrogens with zero attached hydrogens (tertiary/aromatic N) is 2.